The highest BCUT2D eigenvalue weighted by atomic mass is 31.2. The van der Waals surface area contributed by atoms with Crippen molar-refractivity contribution in [3.63, 3.8) is 0 Å². The maximum absolute atomic E-state index is 11.4. The molecule has 12 rings (SSSR count). The van der Waals surface area contributed by atoms with Crippen LogP contribution in [0.4, 0.5) is 0 Å². The van der Waals surface area contributed by atoms with Crippen LogP contribution in [0.15, 0.2) is 232 Å². The Morgan fingerprint density at radius 2 is 0.495 bits per heavy atom. The Hall–Kier alpha value is -9.62. The molecule has 0 amide bonds. The van der Waals surface area contributed by atoms with Gasteiger partial charge in [0, 0.05) is 81.9 Å². The third kappa shape index (κ3) is 15.7. The van der Waals surface area contributed by atoms with E-state index < -0.39 is 15.2 Å². The van der Waals surface area contributed by atoms with Gasteiger partial charge in [0.25, 0.3) is 0 Å². The molecule has 0 bridgehead atoms. The summed E-state index contributed by atoms with van der Waals surface area (Å²) in [5, 5.41) is 0. The fourth-order valence-electron chi connectivity index (χ4n) is 12.2. The minimum atomic E-state index is -4.09. The highest BCUT2D eigenvalue weighted by molar-refractivity contribution is 7.52. The Labute approximate surface area is 543 Å². The van der Waals surface area contributed by atoms with E-state index in [0.29, 0.717) is 11.6 Å². The lowest BCUT2D eigenvalue weighted by atomic mass is 9.98. The molecule has 0 radical (unpaired) electrons. The van der Waals surface area contributed by atoms with E-state index in [2.05, 4.69) is 233 Å². The van der Waals surface area contributed by atoms with Gasteiger partial charge in [-0.3, -0.25) is 9.13 Å². The Bertz CT molecular complexity index is 4420. The molecule has 0 aliphatic rings. The van der Waals surface area contributed by atoms with Crippen LogP contribution in [0.2, 0.25) is 0 Å². The first kappa shape index (κ1) is 63.5. The third-order valence-corrected chi connectivity index (χ3v) is 18.6. The Kier molecular flexibility index (Phi) is 18.6. The zero-order valence-corrected chi connectivity index (χ0v) is 54.8. The lowest BCUT2D eigenvalue weighted by molar-refractivity contribution is -0.726. The Morgan fingerprint density at radius 3 is 0.720 bits per heavy atom. The van der Waals surface area contributed by atoms with Crippen molar-refractivity contribution in [1.82, 2.24) is 19.9 Å². The normalized spacial score (nSPS) is 11.7. The van der Waals surface area contributed by atoms with Gasteiger partial charge >= 0.3 is 15.2 Å². The van der Waals surface area contributed by atoms with Gasteiger partial charge in [-0.05, 0) is 120 Å². The smallest absolute Gasteiger partial charge is 0.324 e. The number of benzene rings is 6. The van der Waals surface area contributed by atoms with Crippen LogP contribution in [-0.4, -0.2) is 51.8 Å². The largest absolute Gasteiger partial charge is 0.331 e. The van der Waals surface area contributed by atoms with E-state index >= 15 is 0 Å². The van der Waals surface area contributed by atoms with Crippen LogP contribution < -0.4 is 18.3 Å². The molecule has 464 valence electrons. The lowest BCUT2D eigenvalue weighted by Gasteiger charge is -2.14. The monoisotopic (exact) mass is 1270 g/mol. The zero-order valence-electron chi connectivity index (χ0n) is 53.0. The van der Waals surface area contributed by atoms with Gasteiger partial charge in [0.2, 0.25) is 0 Å². The molecular weight excluding hydrogens is 1190 g/mol. The van der Waals surface area contributed by atoms with Gasteiger partial charge < -0.3 is 19.6 Å². The van der Waals surface area contributed by atoms with Crippen molar-refractivity contribution in [2.24, 2.45) is 0 Å². The van der Waals surface area contributed by atoms with Crippen LogP contribution in [0.3, 0.4) is 0 Å². The number of hydrogen-bond donors (Lipinski definition) is 4. The average molecular weight is 1270 g/mol. The van der Waals surface area contributed by atoms with E-state index in [0.717, 1.165) is 142 Å². The maximum atomic E-state index is 11.4. The molecule has 4 N–H and O–H groups in total. The summed E-state index contributed by atoms with van der Waals surface area (Å²) < 4.78 is 30.9. The van der Waals surface area contributed by atoms with Crippen LogP contribution in [-0.2, 0) is 35.3 Å². The number of rotatable bonds is 20. The van der Waals surface area contributed by atoms with Gasteiger partial charge in [0.15, 0.2) is 87.4 Å². The predicted molar refractivity (Wildman–Crippen MR) is 366 cm³/mol. The van der Waals surface area contributed by atoms with Gasteiger partial charge in [-0.2, -0.15) is 0 Å². The first-order valence-electron chi connectivity index (χ1n) is 31.1. The molecular formula is C77H74N8O6P2+4. The summed E-state index contributed by atoms with van der Waals surface area (Å²) >= 11 is 0. The number of aryl methyl sites for hydroxylation is 10. The fourth-order valence-corrected chi connectivity index (χ4v) is 13.2. The van der Waals surface area contributed by atoms with E-state index in [1.807, 2.05) is 49.1 Å². The highest BCUT2D eigenvalue weighted by Crippen LogP contribution is 2.37. The second kappa shape index (κ2) is 27.3. The molecule has 6 heterocycles. The van der Waals surface area contributed by atoms with Gasteiger partial charge in [0.05, 0.1) is 29.2 Å². The molecule has 0 aliphatic carbocycles. The summed E-state index contributed by atoms with van der Waals surface area (Å²) in [5.74, 6) is 1.36. The highest BCUT2D eigenvalue weighted by Gasteiger charge is 2.21. The third-order valence-electron chi connectivity index (χ3n) is 17.0. The SMILES string of the molecule is Cc1cc(C)c(-c2nc(-c3ccc(-c4cc[n+](CCC[n+]5ccc(-c6ccc(-c7cc(-c8ccc(-c9cc[n+](CCP(=O)(O)O)cc9)cc8)nc(-c8c(C)cc(C)cc8C)n7)cc6)cc5)cc4)cc3)cc(-c3ccc(-c4cc[n+](CCP(=O)(O)O)cc4)cc3)n2)c(C)c1. The minimum absolute atomic E-state index is 0.208. The van der Waals surface area contributed by atoms with E-state index in [1.54, 1.807) is 9.13 Å². The molecule has 14 nitrogen and oxygen atoms in total. The summed E-state index contributed by atoms with van der Waals surface area (Å²) in [7, 11) is -8.17. The van der Waals surface area contributed by atoms with Crippen LogP contribution >= 0.6 is 15.2 Å². The topological polar surface area (TPSA) is 182 Å². The average Bonchev–Trinajstić information content (AvgIpc) is 1.07. The molecule has 0 fully saturated rings. The lowest BCUT2D eigenvalue weighted by Crippen LogP contribution is -2.38. The van der Waals surface area contributed by atoms with Crippen molar-refractivity contribution in [2.45, 2.75) is 74.1 Å². The van der Waals surface area contributed by atoms with E-state index in [1.165, 1.54) is 11.1 Å². The van der Waals surface area contributed by atoms with E-state index in [9.17, 15) is 28.7 Å². The molecule has 0 atom stereocenters. The molecule has 16 heteroatoms. The minimum Gasteiger partial charge on any atom is -0.324 e. The van der Waals surface area contributed by atoms with E-state index in [4.69, 9.17) is 19.9 Å². The van der Waals surface area contributed by atoms with Gasteiger partial charge in [0.1, 0.15) is 12.3 Å². The summed E-state index contributed by atoms with van der Waals surface area (Å²) in [6, 6.07) is 63.2. The number of pyridine rings is 4. The van der Waals surface area contributed by atoms with Crippen molar-refractivity contribution in [3.05, 3.63) is 265 Å². The predicted octanol–water partition coefficient (Wildman–Crippen LogP) is 14.4. The van der Waals surface area contributed by atoms with Crippen molar-refractivity contribution in [1.29, 1.82) is 0 Å². The summed E-state index contributed by atoms with van der Waals surface area (Å²) in [6.45, 7) is 14.9. The standard InChI is InChI=1S/C77H70N8O6P2/c1-52-46-54(3)74(55(4)47-52)76-78-70(50-72(80-76)68-20-12-60(13-21-68)64-28-38-84(39-29-64)42-44-92(86,87)88)66-16-8-58(9-17-66)62-24-34-82(35-25-62)32-7-33-83-36-26-63(27-37-83)59-10-18-67(19-11-59)71-51-73(81-77(79-71)75-56(5)48-53(2)49-57(75)6)69-22-14-61(15-23-69)65-30-40-85(41-31-65)43-45-93(89,90)91/h8-31,34-41,46-51H,7,32-33,42-45H2,1-6H3/p+4. The molecule has 0 spiro atoms. The Balaban J connectivity index is 0.695. The van der Waals surface area contributed by atoms with Crippen LogP contribution in [0.1, 0.15) is 39.8 Å². The molecule has 6 aromatic heterocycles. The molecule has 0 saturated carbocycles. The summed E-state index contributed by atoms with van der Waals surface area (Å²) in [5.41, 5.74) is 24.7. The first-order chi connectivity index (χ1) is 44.7. The summed E-state index contributed by atoms with van der Waals surface area (Å²) in [6.07, 6.45) is 16.5. The molecule has 6 aromatic carbocycles. The second-order valence-corrected chi connectivity index (χ2v) is 27.8. The van der Waals surface area contributed by atoms with E-state index in [-0.39, 0.29) is 25.4 Å². The second-order valence-electron chi connectivity index (χ2n) is 24.2. The molecule has 0 aliphatic heterocycles. The van der Waals surface area contributed by atoms with Crippen molar-refractivity contribution in [2.75, 3.05) is 12.3 Å². The van der Waals surface area contributed by atoms with Crippen LogP contribution in [0.5, 0.6) is 0 Å². The van der Waals surface area contributed by atoms with Crippen LogP contribution in [0.25, 0.3) is 112 Å². The van der Waals surface area contributed by atoms with Crippen molar-refractivity contribution in [3.8, 4) is 112 Å². The molecule has 0 saturated heterocycles. The quantitative estimate of drug-likeness (QED) is 0.0423. The summed E-state index contributed by atoms with van der Waals surface area (Å²) in [4.78, 5) is 58.1. The number of hydrogen-bond acceptors (Lipinski definition) is 6. The maximum Gasteiger partial charge on any atom is 0.331 e. The van der Waals surface area contributed by atoms with Crippen molar-refractivity contribution < 1.29 is 47.0 Å². The zero-order chi connectivity index (χ0) is 65.0. The number of nitrogens with zero attached hydrogens (tertiary/aromatic N) is 8. The van der Waals surface area contributed by atoms with Gasteiger partial charge in [-0.1, -0.05) is 132 Å². The van der Waals surface area contributed by atoms with Crippen LogP contribution in [0, 0.1) is 41.5 Å². The molecule has 93 heavy (non-hydrogen) atoms. The fraction of sp³-hybridized carbons (Fsp3) is 0.169. The van der Waals surface area contributed by atoms with Crippen molar-refractivity contribution >= 4 is 15.2 Å². The van der Waals surface area contributed by atoms with Gasteiger partial charge in [-0.15, -0.1) is 0 Å². The van der Waals surface area contributed by atoms with Gasteiger partial charge in [-0.25, -0.2) is 38.2 Å². The number of aromatic nitrogens is 8. The molecule has 12 aromatic rings. The molecule has 0 unspecified atom stereocenters. The Morgan fingerprint density at radius 1 is 0.290 bits per heavy atom. The first-order valence-corrected chi connectivity index (χ1v) is 34.7.